The summed E-state index contributed by atoms with van der Waals surface area (Å²) in [6.45, 7) is 0. The van der Waals surface area contributed by atoms with E-state index in [1.54, 1.807) is 18.5 Å². The second kappa shape index (κ2) is 5.33. The van der Waals surface area contributed by atoms with Gasteiger partial charge < -0.3 is 11.1 Å². The van der Waals surface area contributed by atoms with Crippen LogP contribution in [0.1, 0.15) is 0 Å². The van der Waals surface area contributed by atoms with Crippen LogP contribution in [0.15, 0.2) is 36.7 Å². The van der Waals surface area contributed by atoms with Gasteiger partial charge in [-0.25, -0.2) is 9.07 Å². The number of rotatable bonds is 3. The molecule has 7 nitrogen and oxygen atoms in total. The Labute approximate surface area is 123 Å². The highest BCUT2D eigenvalue weighted by atomic mass is 35.5. The fourth-order valence-electron chi connectivity index (χ4n) is 1.64. The summed E-state index contributed by atoms with van der Waals surface area (Å²) in [6, 6.07) is 5.66. The van der Waals surface area contributed by atoms with Crippen molar-refractivity contribution in [3.05, 3.63) is 47.5 Å². The Kier molecular flexibility index (Phi) is 3.36. The number of nitrogens with zero attached hydrogens (tertiary/aromatic N) is 5. The molecule has 3 aromatic rings. The van der Waals surface area contributed by atoms with Crippen LogP contribution >= 0.6 is 11.6 Å². The van der Waals surface area contributed by atoms with Crippen molar-refractivity contribution < 1.29 is 4.39 Å². The standard InChI is InChI=1S/C12H9ClFN7/c13-8-6-7(14)2-3-9(8)17-11-18-10(15)19-12(20-11)21-5-1-4-16-21/h1-6H,(H3,15,17,18,19,20). The Morgan fingerprint density at radius 2 is 2.10 bits per heavy atom. The van der Waals surface area contributed by atoms with Gasteiger partial charge in [0.2, 0.25) is 11.9 Å². The summed E-state index contributed by atoms with van der Waals surface area (Å²) in [4.78, 5) is 12.1. The SMILES string of the molecule is Nc1nc(Nc2ccc(F)cc2Cl)nc(-n2cccn2)n1. The summed E-state index contributed by atoms with van der Waals surface area (Å²) in [5, 5.41) is 7.07. The van der Waals surface area contributed by atoms with Crippen molar-refractivity contribution in [1.82, 2.24) is 24.7 Å². The molecular formula is C12H9ClFN7. The first-order chi connectivity index (χ1) is 10.1. The first-order valence-corrected chi connectivity index (χ1v) is 6.23. The smallest absolute Gasteiger partial charge is 0.257 e. The normalized spacial score (nSPS) is 10.6. The van der Waals surface area contributed by atoms with E-state index in [9.17, 15) is 4.39 Å². The zero-order chi connectivity index (χ0) is 14.8. The molecule has 3 rings (SSSR count). The molecule has 0 aliphatic carbocycles. The van der Waals surface area contributed by atoms with Crippen LogP contribution in [0, 0.1) is 5.82 Å². The van der Waals surface area contributed by atoms with Gasteiger partial charge in [0.15, 0.2) is 0 Å². The molecule has 9 heteroatoms. The van der Waals surface area contributed by atoms with E-state index in [0.29, 0.717) is 5.69 Å². The molecule has 0 spiro atoms. The molecule has 0 saturated carbocycles. The lowest BCUT2D eigenvalue weighted by atomic mass is 10.3. The zero-order valence-corrected chi connectivity index (χ0v) is 11.3. The minimum absolute atomic E-state index is 0.0243. The highest BCUT2D eigenvalue weighted by molar-refractivity contribution is 6.33. The number of halogens is 2. The summed E-state index contributed by atoms with van der Waals surface area (Å²) < 4.78 is 14.5. The van der Waals surface area contributed by atoms with Crippen molar-refractivity contribution >= 4 is 29.2 Å². The predicted molar refractivity (Wildman–Crippen MR) is 76.1 cm³/mol. The molecule has 3 N–H and O–H groups in total. The van der Waals surface area contributed by atoms with Gasteiger partial charge >= 0.3 is 0 Å². The molecule has 1 aromatic carbocycles. The van der Waals surface area contributed by atoms with Gasteiger partial charge in [0.05, 0.1) is 10.7 Å². The van der Waals surface area contributed by atoms with Gasteiger partial charge in [0.1, 0.15) is 5.82 Å². The lowest BCUT2D eigenvalue weighted by Gasteiger charge is -2.08. The van der Waals surface area contributed by atoms with Crippen molar-refractivity contribution in [1.29, 1.82) is 0 Å². The van der Waals surface area contributed by atoms with E-state index >= 15 is 0 Å². The number of nitrogen functional groups attached to an aromatic ring is 1. The first-order valence-electron chi connectivity index (χ1n) is 5.85. The van der Waals surface area contributed by atoms with Crippen LogP contribution < -0.4 is 11.1 Å². The maximum absolute atomic E-state index is 13.0. The summed E-state index contributed by atoms with van der Waals surface area (Å²) in [5.41, 5.74) is 6.10. The molecule has 0 atom stereocenters. The molecule has 0 radical (unpaired) electrons. The van der Waals surface area contributed by atoms with Gasteiger partial charge in [-0.1, -0.05) is 11.6 Å². The number of hydrogen-bond acceptors (Lipinski definition) is 6. The van der Waals surface area contributed by atoms with Crippen LogP contribution in [0.5, 0.6) is 0 Å². The molecule has 0 fully saturated rings. The number of nitrogens with one attached hydrogen (secondary N) is 1. The van der Waals surface area contributed by atoms with E-state index in [1.165, 1.54) is 22.9 Å². The van der Waals surface area contributed by atoms with Gasteiger partial charge in [-0.3, -0.25) is 0 Å². The van der Waals surface area contributed by atoms with Crippen LogP contribution in [0.2, 0.25) is 5.02 Å². The van der Waals surface area contributed by atoms with E-state index < -0.39 is 5.82 Å². The number of anilines is 3. The van der Waals surface area contributed by atoms with Gasteiger partial charge in [0.25, 0.3) is 5.95 Å². The van der Waals surface area contributed by atoms with Crippen molar-refractivity contribution in [2.24, 2.45) is 0 Å². The first kappa shape index (κ1) is 13.3. The van der Waals surface area contributed by atoms with Gasteiger partial charge in [-0.2, -0.15) is 20.1 Å². The Morgan fingerprint density at radius 1 is 1.24 bits per heavy atom. The summed E-state index contributed by atoms with van der Waals surface area (Å²) in [6.07, 6.45) is 3.26. The highest BCUT2D eigenvalue weighted by Crippen LogP contribution is 2.25. The van der Waals surface area contributed by atoms with E-state index in [4.69, 9.17) is 17.3 Å². The highest BCUT2D eigenvalue weighted by Gasteiger charge is 2.09. The fourth-order valence-corrected chi connectivity index (χ4v) is 1.85. The van der Waals surface area contributed by atoms with Crippen LogP contribution in [-0.2, 0) is 0 Å². The lowest BCUT2D eigenvalue weighted by Crippen LogP contribution is -2.09. The molecule has 0 amide bonds. The average molecular weight is 306 g/mol. The number of hydrogen-bond donors (Lipinski definition) is 2. The second-order valence-electron chi connectivity index (χ2n) is 4.02. The third-order valence-corrected chi connectivity index (χ3v) is 2.84. The minimum Gasteiger partial charge on any atom is -0.368 e. The third kappa shape index (κ3) is 2.90. The molecular weight excluding hydrogens is 297 g/mol. The van der Waals surface area contributed by atoms with Crippen molar-refractivity contribution in [3.63, 3.8) is 0 Å². The van der Waals surface area contributed by atoms with E-state index in [2.05, 4.69) is 25.4 Å². The average Bonchev–Trinajstić information content (AvgIpc) is 2.95. The molecule has 0 aliphatic rings. The zero-order valence-electron chi connectivity index (χ0n) is 10.5. The molecule has 2 heterocycles. The molecule has 0 bridgehead atoms. The van der Waals surface area contributed by atoms with E-state index in [0.717, 1.165) is 0 Å². The van der Waals surface area contributed by atoms with Gasteiger partial charge in [-0.05, 0) is 24.3 Å². The van der Waals surface area contributed by atoms with Crippen LogP contribution in [0.25, 0.3) is 5.95 Å². The molecule has 2 aromatic heterocycles. The molecule has 106 valence electrons. The summed E-state index contributed by atoms with van der Waals surface area (Å²) in [5.74, 6) is 0.0314. The van der Waals surface area contributed by atoms with Crippen molar-refractivity contribution in [2.45, 2.75) is 0 Å². The van der Waals surface area contributed by atoms with Crippen LogP contribution in [0.4, 0.5) is 22.0 Å². The predicted octanol–water partition coefficient (Wildman–Crippen LogP) is 2.18. The van der Waals surface area contributed by atoms with Crippen molar-refractivity contribution in [2.75, 3.05) is 11.1 Å². The summed E-state index contributed by atoms with van der Waals surface area (Å²) in [7, 11) is 0. The van der Waals surface area contributed by atoms with E-state index in [1.807, 2.05) is 0 Å². The molecule has 0 aliphatic heterocycles. The topological polar surface area (TPSA) is 94.5 Å². The maximum atomic E-state index is 13.0. The minimum atomic E-state index is -0.432. The molecule has 0 saturated heterocycles. The monoisotopic (exact) mass is 305 g/mol. The van der Waals surface area contributed by atoms with Crippen LogP contribution in [-0.4, -0.2) is 24.7 Å². The fraction of sp³-hybridized carbons (Fsp3) is 0. The largest absolute Gasteiger partial charge is 0.368 e. The van der Waals surface area contributed by atoms with Gasteiger partial charge in [-0.15, -0.1) is 0 Å². The quantitative estimate of drug-likeness (QED) is 0.770. The Hall–Kier alpha value is -2.74. The second-order valence-corrected chi connectivity index (χ2v) is 4.42. The number of nitrogens with two attached hydrogens (primary N) is 1. The van der Waals surface area contributed by atoms with E-state index in [-0.39, 0.29) is 22.9 Å². The van der Waals surface area contributed by atoms with Gasteiger partial charge in [0, 0.05) is 12.4 Å². The Balaban J connectivity index is 1.95. The number of benzene rings is 1. The molecule has 21 heavy (non-hydrogen) atoms. The molecule has 0 unspecified atom stereocenters. The summed E-state index contributed by atoms with van der Waals surface area (Å²) >= 11 is 5.94. The Morgan fingerprint density at radius 3 is 2.81 bits per heavy atom. The lowest BCUT2D eigenvalue weighted by molar-refractivity contribution is 0.628. The maximum Gasteiger partial charge on any atom is 0.257 e. The Bertz CT molecular complexity index is 775. The van der Waals surface area contributed by atoms with Crippen molar-refractivity contribution in [3.8, 4) is 5.95 Å². The third-order valence-electron chi connectivity index (χ3n) is 2.53. The number of aromatic nitrogens is 5. The van der Waals surface area contributed by atoms with Crippen LogP contribution in [0.3, 0.4) is 0 Å².